The molecular weight excluding hydrogens is 292 g/mol. The van der Waals surface area contributed by atoms with Gasteiger partial charge in [-0.1, -0.05) is 6.07 Å². The summed E-state index contributed by atoms with van der Waals surface area (Å²) in [7, 11) is 1.64. The smallest absolute Gasteiger partial charge is 0.319 e. The highest BCUT2D eigenvalue weighted by atomic mass is 16.5. The zero-order chi connectivity index (χ0) is 16.2. The summed E-state index contributed by atoms with van der Waals surface area (Å²) in [5, 5.41) is 6.10. The molecule has 1 saturated heterocycles. The molecule has 3 rings (SSSR count). The lowest BCUT2D eigenvalue weighted by molar-refractivity contribution is 0.0573. The molecule has 1 atom stereocenters. The highest BCUT2D eigenvalue weighted by Crippen LogP contribution is 2.36. The quantitative estimate of drug-likeness (QED) is 0.897. The van der Waals surface area contributed by atoms with Gasteiger partial charge in [0.2, 0.25) is 0 Å². The Balaban J connectivity index is 1.67. The Morgan fingerprint density at radius 3 is 2.83 bits per heavy atom. The van der Waals surface area contributed by atoms with Crippen molar-refractivity contribution in [2.45, 2.75) is 45.1 Å². The normalized spacial score (nSPS) is 19.0. The number of hydrogen-bond donors (Lipinski definition) is 2. The number of benzene rings is 1. The summed E-state index contributed by atoms with van der Waals surface area (Å²) in [5.74, 6) is 1.22. The molecule has 2 amide bonds. The lowest BCUT2D eigenvalue weighted by Gasteiger charge is -2.28. The number of rotatable bonds is 4. The van der Waals surface area contributed by atoms with Crippen molar-refractivity contribution in [1.29, 1.82) is 0 Å². The van der Waals surface area contributed by atoms with Crippen LogP contribution in [0.1, 0.15) is 37.3 Å². The maximum absolute atomic E-state index is 12.4. The van der Waals surface area contributed by atoms with Crippen molar-refractivity contribution in [2.75, 3.05) is 25.6 Å². The van der Waals surface area contributed by atoms with Gasteiger partial charge >= 0.3 is 6.03 Å². The molecule has 1 aromatic rings. The molecule has 1 fully saturated rings. The fourth-order valence-corrected chi connectivity index (χ4v) is 3.64. The molecule has 23 heavy (non-hydrogen) atoms. The number of nitrogens with one attached hydrogen (secondary N) is 2. The van der Waals surface area contributed by atoms with Crippen LogP contribution in [-0.4, -0.2) is 32.4 Å². The Hall–Kier alpha value is -1.75. The second-order valence-electron chi connectivity index (χ2n) is 6.47. The number of anilines is 1. The molecule has 5 heteroatoms. The van der Waals surface area contributed by atoms with Gasteiger partial charge in [-0.25, -0.2) is 4.79 Å². The molecule has 0 saturated carbocycles. The maximum atomic E-state index is 12.4. The van der Waals surface area contributed by atoms with Crippen LogP contribution in [0.25, 0.3) is 0 Å². The molecule has 1 aromatic carbocycles. The van der Waals surface area contributed by atoms with E-state index in [1.54, 1.807) is 7.11 Å². The van der Waals surface area contributed by atoms with Crippen LogP contribution >= 0.6 is 0 Å². The Morgan fingerprint density at radius 2 is 2.09 bits per heavy atom. The highest BCUT2D eigenvalue weighted by Gasteiger charge is 2.24. The van der Waals surface area contributed by atoms with Crippen molar-refractivity contribution >= 4 is 11.7 Å². The molecule has 1 aliphatic carbocycles. The van der Waals surface area contributed by atoms with E-state index in [1.165, 1.54) is 11.1 Å². The summed E-state index contributed by atoms with van der Waals surface area (Å²) in [4.78, 5) is 12.4. The first-order chi connectivity index (χ1) is 11.2. The summed E-state index contributed by atoms with van der Waals surface area (Å²) < 4.78 is 10.8. The van der Waals surface area contributed by atoms with Crippen LogP contribution < -0.4 is 15.4 Å². The van der Waals surface area contributed by atoms with Crippen LogP contribution in [0.5, 0.6) is 5.75 Å². The van der Waals surface area contributed by atoms with E-state index in [2.05, 4.69) is 23.6 Å². The van der Waals surface area contributed by atoms with E-state index in [0.29, 0.717) is 5.92 Å². The number of urea groups is 1. The van der Waals surface area contributed by atoms with E-state index >= 15 is 0 Å². The molecule has 1 aliphatic heterocycles. The van der Waals surface area contributed by atoms with Gasteiger partial charge in [0.05, 0.1) is 12.8 Å². The molecular formula is C18H26N2O3. The highest BCUT2D eigenvalue weighted by molar-refractivity contribution is 5.92. The fourth-order valence-electron chi connectivity index (χ4n) is 3.64. The summed E-state index contributed by atoms with van der Waals surface area (Å²) in [6, 6.07) is 4.04. The van der Waals surface area contributed by atoms with Crippen LogP contribution in [0.2, 0.25) is 0 Å². The van der Waals surface area contributed by atoms with Gasteiger partial charge in [0, 0.05) is 19.3 Å². The van der Waals surface area contributed by atoms with Crippen molar-refractivity contribution < 1.29 is 14.3 Å². The first kappa shape index (κ1) is 16.1. The lowest BCUT2D eigenvalue weighted by Crippen LogP contribution is -2.42. The number of carbonyl (C=O) groups excluding carboxylic acids is 1. The van der Waals surface area contributed by atoms with Gasteiger partial charge in [0.25, 0.3) is 0 Å². The lowest BCUT2D eigenvalue weighted by atomic mass is 9.93. The minimum Gasteiger partial charge on any atom is -0.495 e. The molecule has 126 valence electrons. The maximum Gasteiger partial charge on any atom is 0.319 e. The van der Waals surface area contributed by atoms with E-state index in [-0.39, 0.29) is 12.1 Å². The standard InChI is InChI=1S/C18H26N2O3/c1-12(13-8-10-23-11-9-13)19-18(21)20-17-15-5-3-4-14(15)6-7-16(17)22-2/h6-7,12-13H,3-5,8-11H2,1-2H3,(H2,19,20,21)/t12-/m1/s1. The van der Waals surface area contributed by atoms with Gasteiger partial charge in [-0.05, 0) is 62.1 Å². The third kappa shape index (κ3) is 3.61. The zero-order valence-corrected chi connectivity index (χ0v) is 14.0. The third-order valence-corrected chi connectivity index (χ3v) is 5.03. The van der Waals surface area contributed by atoms with E-state index < -0.39 is 0 Å². The molecule has 0 aromatic heterocycles. The van der Waals surface area contributed by atoms with Crippen LogP contribution in [0.3, 0.4) is 0 Å². The third-order valence-electron chi connectivity index (χ3n) is 5.03. The Labute approximate surface area is 137 Å². The molecule has 2 N–H and O–H groups in total. The molecule has 2 aliphatic rings. The van der Waals surface area contributed by atoms with Crippen molar-refractivity contribution in [1.82, 2.24) is 5.32 Å². The SMILES string of the molecule is COc1ccc2c(c1NC(=O)N[C@H](C)C1CCOCC1)CCC2. The molecule has 0 bridgehead atoms. The summed E-state index contributed by atoms with van der Waals surface area (Å²) in [6.45, 7) is 3.65. The van der Waals surface area contributed by atoms with Crippen LogP contribution in [-0.2, 0) is 17.6 Å². The molecule has 0 spiro atoms. The first-order valence-electron chi connectivity index (χ1n) is 8.53. The topological polar surface area (TPSA) is 59.6 Å². The molecule has 0 unspecified atom stereocenters. The van der Waals surface area contributed by atoms with E-state index in [9.17, 15) is 4.79 Å². The Morgan fingerprint density at radius 1 is 1.30 bits per heavy atom. The zero-order valence-electron chi connectivity index (χ0n) is 14.0. The van der Waals surface area contributed by atoms with Crippen molar-refractivity contribution in [3.05, 3.63) is 23.3 Å². The van der Waals surface area contributed by atoms with Gasteiger partial charge in [-0.2, -0.15) is 0 Å². The molecule has 0 radical (unpaired) electrons. The first-order valence-corrected chi connectivity index (χ1v) is 8.53. The van der Waals surface area contributed by atoms with Gasteiger partial charge in [0.1, 0.15) is 5.75 Å². The number of fused-ring (bicyclic) bond motifs is 1. The number of amides is 2. The average molecular weight is 318 g/mol. The second kappa shape index (κ2) is 7.21. The van der Waals surface area contributed by atoms with Crippen LogP contribution in [0.4, 0.5) is 10.5 Å². The minimum atomic E-state index is -0.150. The molecule has 1 heterocycles. The van der Waals surface area contributed by atoms with Gasteiger partial charge in [0.15, 0.2) is 0 Å². The largest absolute Gasteiger partial charge is 0.495 e. The van der Waals surface area contributed by atoms with Crippen molar-refractivity contribution in [2.24, 2.45) is 5.92 Å². The number of hydrogen-bond acceptors (Lipinski definition) is 3. The van der Waals surface area contributed by atoms with E-state index in [1.807, 2.05) is 6.07 Å². The van der Waals surface area contributed by atoms with Crippen molar-refractivity contribution in [3.63, 3.8) is 0 Å². The fraction of sp³-hybridized carbons (Fsp3) is 0.611. The number of carbonyl (C=O) groups is 1. The number of ether oxygens (including phenoxy) is 2. The predicted molar refractivity (Wildman–Crippen MR) is 90.2 cm³/mol. The van der Waals surface area contributed by atoms with Gasteiger partial charge in [-0.3, -0.25) is 0 Å². The number of methoxy groups -OCH3 is 1. The number of aryl methyl sites for hydroxylation is 1. The summed E-state index contributed by atoms with van der Waals surface area (Å²) in [5.41, 5.74) is 3.37. The summed E-state index contributed by atoms with van der Waals surface area (Å²) >= 11 is 0. The van der Waals surface area contributed by atoms with Crippen LogP contribution in [0, 0.1) is 5.92 Å². The Bertz CT molecular complexity index is 568. The average Bonchev–Trinajstić information content (AvgIpc) is 3.05. The second-order valence-corrected chi connectivity index (χ2v) is 6.47. The minimum absolute atomic E-state index is 0.140. The monoisotopic (exact) mass is 318 g/mol. The Kier molecular flexibility index (Phi) is 5.06. The molecule has 5 nitrogen and oxygen atoms in total. The van der Waals surface area contributed by atoms with Crippen LogP contribution in [0.15, 0.2) is 12.1 Å². The van der Waals surface area contributed by atoms with Gasteiger partial charge in [-0.15, -0.1) is 0 Å². The van der Waals surface area contributed by atoms with E-state index in [4.69, 9.17) is 9.47 Å². The predicted octanol–water partition coefficient (Wildman–Crippen LogP) is 3.12. The van der Waals surface area contributed by atoms with Gasteiger partial charge < -0.3 is 20.1 Å². The van der Waals surface area contributed by atoms with Crippen molar-refractivity contribution in [3.8, 4) is 5.75 Å². The summed E-state index contributed by atoms with van der Waals surface area (Å²) in [6.07, 6.45) is 5.22. The van der Waals surface area contributed by atoms with E-state index in [0.717, 1.165) is 56.8 Å².